The lowest BCUT2D eigenvalue weighted by molar-refractivity contribution is 0.261. The number of hydrogen-bond donors (Lipinski definition) is 6. The molecule has 0 aromatic heterocycles. The van der Waals surface area contributed by atoms with Crippen molar-refractivity contribution in [2.75, 3.05) is 47.4 Å². The number of nitrogens with zero attached hydrogens (tertiary/aromatic N) is 2. The van der Waals surface area contributed by atoms with Crippen molar-refractivity contribution in [3.05, 3.63) is 83.9 Å². The molecule has 2 heterocycles. The van der Waals surface area contributed by atoms with E-state index in [-0.39, 0.29) is 12.1 Å². The molecule has 38 heavy (non-hydrogen) atoms. The largest absolute Gasteiger partial charge is 0.370 e. The van der Waals surface area contributed by atoms with Gasteiger partial charge in [-0.3, -0.25) is 9.98 Å². The Kier molecular flexibility index (Phi) is 7.78. The molecule has 10 heteroatoms. The zero-order valence-corrected chi connectivity index (χ0v) is 20.9. The molecule has 2 aliphatic rings. The van der Waals surface area contributed by atoms with Crippen LogP contribution in [-0.4, -0.2) is 49.9 Å². The highest BCUT2D eigenvalue weighted by Crippen LogP contribution is 2.17. The van der Waals surface area contributed by atoms with Crippen molar-refractivity contribution in [1.29, 1.82) is 0 Å². The Balaban J connectivity index is 1.11. The van der Waals surface area contributed by atoms with E-state index in [1.807, 2.05) is 48.5 Å². The van der Waals surface area contributed by atoms with Crippen LogP contribution in [0.15, 0.2) is 82.8 Å². The summed E-state index contributed by atoms with van der Waals surface area (Å²) in [6.45, 7) is 3.44. The summed E-state index contributed by atoms with van der Waals surface area (Å²) in [6.07, 6.45) is 2.06. The molecule has 6 N–H and O–H groups in total. The SMILES string of the molecule is O=C(Nc1ccc(NC(=O)Nc2cccc(C3=NCCCN3)c2)cc1)Nc1ccc(C2=NCCCN2)cc1. The van der Waals surface area contributed by atoms with E-state index >= 15 is 0 Å². The first-order valence-electron chi connectivity index (χ1n) is 12.7. The molecule has 0 spiro atoms. The van der Waals surface area contributed by atoms with Crippen LogP contribution >= 0.6 is 0 Å². The van der Waals surface area contributed by atoms with Gasteiger partial charge in [0, 0.05) is 60.1 Å². The predicted octanol–water partition coefficient (Wildman–Crippen LogP) is 4.45. The van der Waals surface area contributed by atoms with Crippen LogP contribution in [0.1, 0.15) is 24.0 Å². The van der Waals surface area contributed by atoms with Gasteiger partial charge in [0.05, 0.1) is 0 Å². The highest BCUT2D eigenvalue weighted by Gasteiger charge is 2.10. The van der Waals surface area contributed by atoms with Gasteiger partial charge in [0.1, 0.15) is 11.7 Å². The summed E-state index contributed by atoms with van der Waals surface area (Å²) in [5, 5.41) is 17.8. The van der Waals surface area contributed by atoms with Crippen molar-refractivity contribution in [3.63, 3.8) is 0 Å². The van der Waals surface area contributed by atoms with E-state index in [1.54, 1.807) is 24.3 Å². The molecular formula is C28H30N8O2. The summed E-state index contributed by atoms with van der Waals surface area (Å²) in [5.41, 5.74) is 4.46. The number of amidine groups is 2. The predicted molar refractivity (Wildman–Crippen MR) is 153 cm³/mol. The molecule has 0 atom stereocenters. The van der Waals surface area contributed by atoms with Crippen molar-refractivity contribution in [2.24, 2.45) is 9.98 Å². The van der Waals surface area contributed by atoms with Crippen molar-refractivity contribution in [2.45, 2.75) is 12.8 Å². The number of amides is 4. The Labute approximate surface area is 221 Å². The third-order valence-electron chi connectivity index (χ3n) is 6.01. The van der Waals surface area contributed by atoms with Gasteiger partial charge in [0.2, 0.25) is 0 Å². The van der Waals surface area contributed by atoms with Gasteiger partial charge >= 0.3 is 12.1 Å². The van der Waals surface area contributed by atoms with Gasteiger partial charge in [0.25, 0.3) is 0 Å². The first kappa shape index (κ1) is 24.8. The minimum atomic E-state index is -0.364. The van der Waals surface area contributed by atoms with E-state index in [2.05, 4.69) is 41.9 Å². The number of carbonyl (C=O) groups excluding carboxylic acids is 2. The summed E-state index contributed by atoms with van der Waals surface area (Å²) in [4.78, 5) is 33.9. The summed E-state index contributed by atoms with van der Waals surface area (Å²) in [5.74, 6) is 1.73. The molecule has 194 valence electrons. The van der Waals surface area contributed by atoms with Crippen LogP contribution in [0, 0.1) is 0 Å². The molecule has 4 amide bonds. The van der Waals surface area contributed by atoms with Crippen molar-refractivity contribution >= 4 is 46.5 Å². The van der Waals surface area contributed by atoms with E-state index in [1.165, 1.54) is 0 Å². The zero-order valence-electron chi connectivity index (χ0n) is 20.9. The second-order valence-electron chi connectivity index (χ2n) is 8.92. The number of nitrogens with one attached hydrogen (secondary N) is 6. The van der Waals surface area contributed by atoms with Crippen LogP contribution in [0.2, 0.25) is 0 Å². The topological polar surface area (TPSA) is 131 Å². The average Bonchev–Trinajstić information content (AvgIpc) is 2.95. The van der Waals surface area contributed by atoms with Crippen LogP contribution in [0.4, 0.5) is 32.3 Å². The molecule has 2 aliphatic heterocycles. The van der Waals surface area contributed by atoms with Gasteiger partial charge < -0.3 is 31.9 Å². The fourth-order valence-corrected chi connectivity index (χ4v) is 4.13. The minimum Gasteiger partial charge on any atom is -0.370 e. The molecule has 0 saturated heterocycles. The third kappa shape index (κ3) is 6.67. The van der Waals surface area contributed by atoms with Gasteiger partial charge in [-0.25, -0.2) is 9.59 Å². The van der Waals surface area contributed by atoms with E-state index in [4.69, 9.17) is 0 Å². The van der Waals surface area contributed by atoms with Crippen LogP contribution in [-0.2, 0) is 0 Å². The number of benzene rings is 3. The zero-order chi connectivity index (χ0) is 26.2. The number of aliphatic imine (C=N–C) groups is 2. The average molecular weight is 511 g/mol. The number of anilines is 4. The lowest BCUT2D eigenvalue weighted by Crippen LogP contribution is -2.30. The molecular weight excluding hydrogens is 480 g/mol. The van der Waals surface area contributed by atoms with E-state index in [0.717, 1.165) is 61.8 Å². The van der Waals surface area contributed by atoms with Crippen molar-refractivity contribution < 1.29 is 9.59 Å². The van der Waals surface area contributed by atoms with E-state index < -0.39 is 0 Å². The maximum atomic E-state index is 12.5. The lowest BCUT2D eigenvalue weighted by atomic mass is 10.1. The van der Waals surface area contributed by atoms with Gasteiger partial charge in [-0.1, -0.05) is 12.1 Å². The molecule has 5 rings (SSSR count). The summed E-state index contributed by atoms with van der Waals surface area (Å²) >= 11 is 0. The molecule has 10 nitrogen and oxygen atoms in total. The Hall–Kier alpha value is -4.86. The first-order valence-corrected chi connectivity index (χ1v) is 12.7. The van der Waals surface area contributed by atoms with Crippen LogP contribution in [0.3, 0.4) is 0 Å². The Morgan fingerprint density at radius 2 is 1.05 bits per heavy atom. The second-order valence-corrected chi connectivity index (χ2v) is 8.92. The normalized spacial score (nSPS) is 14.6. The van der Waals surface area contributed by atoms with Gasteiger partial charge in [0.15, 0.2) is 0 Å². The van der Waals surface area contributed by atoms with Crippen LogP contribution < -0.4 is 31.9 Å². The lowest BCUT2D eigenvalue weighted by Gasteiger charge is -2.15. The fraction of sp³-hybridized carbons (Fsp3) is 0.214. The molecule has 3 aromatic rings. The molecule has 0 bridgehead atoms. The number of urea groups is 2. The van der Waals surface area contributed by atoms with Gasteiger partial charge in [-0.2, -0.15) is 0 Å². The maximum absolute atomic E-state index is 12.5. The maximum Gasteiger partial charge on any atom is 0.323 e. The van der Waals surface area contributed by atoms with Crippen molar-refractivity contribution in [1.82, 2.24) is 10.6 Å². The van der Waals surface area contributed by atoms with E-state index in [0.29, 0.717) is 22.7 Å². The van der Waals surface area contributed by atoms with Crippen LogP contribution in [0.25, 0.3) is 0 Å². The Morgan fingerprint density at radius 3 is 1.55 bits per heavy atom. The molecule has 3 aromatic carbocycles. The Morgan fingerprint density at radius 1 is 0.579 bits per heavy atom. The van der Waals surface area contributed by atoms with Crippen molar-refractivity contribution in [3.8, 4) is 0 Å². The monoisotopic (exact) mass is 510 g/mol. The minimum absolute atomic E-state index is 0.360. The summed E-state index contributed by atoms with van der Waals surface area (Å²) < 4.78 is 0. The number of carbonyl (C=O) groups is 2. The second kappa shape index (κ2) is 11.9. The highest BCUT2D eigenvalue weighted by molar-refractivity contribution is 6.04. The Bertz CT molecular complexity index is 1350. The molecule has 0 unspecified atom stereocenters. The van der Waals surface area contributed by atoms with Gasteiger partial charge in [-0.05, 0) is 73.5 Å². The van der Waals surface area contributed by atoms with Crippen LogP contribution in [0.5, 0.6) is 0 Å². The standard InChI is InChI=1S/C28H30N8O2/c37-27(33-21-8-6-19(7-9-21)25-29-14-2-15-30-25)34-22-10-12-23(13-11-22)35-28(38)36-24-5-1-4-20(18-24)26-31-16-3-17-32-26/h1,4-13,18H,2-3,14-17H2,(H,29,30)(H,31,32)(H2,33,34,37)(H2,35,36,38). The summed E-state index contributed by atoms with van der Waals surface area (Å²) in [7, 11) is 0. The summed E-state index contributed by atoms with van der Waals surface area (Å²) in [6, 6.07) is 21.2. The smallest absolute Gasteiger partial charge is 0.323 e. The number of rotatable bonds is 6. The third-order valence-corrected chi connectivity index (χ3v) is 6.01. The molecule has 0 saturated carbocycles. The fourth-order valence-electron chi connectivity index (χ4n) is 4.13. The molecule has 0 aliphatic carbocycles. The molecule has 0 fully saturated rings. The molecule has 0 radical (unpaired) electrons. The first-order chi connectivity index (χ1) is 18.6. The van der Waals surface area contributed by atoms with Gasteiger partial charge in [-0.15, -0.1) is 0 Å². The quantitative estimate of drug-likeness (QED) is 0.292. The number of hydrogen-bond acceptors (Lipinski definition) is 6. The van der Waals surface area contributed by atoms with E-state index in [9.17, 15) is 9.59 Å². The highest BCUT2D eigenvalue weighted by atomic mass is 16.2.